The number of rotatable bonds is 8. The van der Waals surface area contributed by atoms with Crippen molar-refractivity contribution >= 4 is 29.1 Å². The molecule has 9 nitrogen and oxygen atoms in total. The average Bonchev–Trinajstić information content (AvgIpc) is 3.19. The highest BCUT2D eigenvalue weighted by Crippen LogP contribution is 2.43. The molecule has 4 rings (SSSR count). The van der Waals surface area contributed by atoms with Crippen molar-refractivity contribution in [2.75, 3.05) is 25.7 Å². The van der Waals surface area contributed by atoms with E-state index in [-0.39, 0.29) is 41.6 Å². The largest absolute Gasteiger partial charge is 0.507 e. The molecule has 2 aromatic carbocycles. The van der Waals surface area contributed by atoms with E-state index in [9.17, 15) is 19.5 Å². The smallest absolute Gasteiger partial charge is 0.310 e. The van der Waals surface area contributed by atoms with Crippen molar-refractivity contribution in [1.29, 1.82) is 0 Å². The number of ketones is 1. The molecule has 1 saturated heterocycles. The van der Waals surface area contributed by atoms with Gasteiger partial charge in [-0.1, -0.05) is 12.1 Å². The molecule has 1 aliphatic rings. The molecule has 1 unspecified atom stereocenters. The molecule has 1 fully saturated rings. The number of hydrogen-bond donors (Lipinski definition) is 1. The van der Waals surface area contributed by atoms with Crippen LogP contribution in [0.1, 0.15) is 29.7 Å². The lowest BCUT2D eigenvalue weighted by molar-refractivity contribution is -0.142. The summed E-state index contributed by atoms with van der Waals surface area (Å²) in [5.74, 6) is -1.59. The Bertz CT molecular complexity index is 1350. The Hall–Kier alpha value is -4.66. The van der Waals surface area contributed by atoms with Crippen LogP contribution in [0.4, 0.5) is 5.69 Å². The molecule has 1 aromatic heterocycles. The van der Waals surface area contributed by atoms with Gasteiger partial charge in [0.25, 0.3) is 11.7 Å². The van der Waals surface area contributed by atoms with Gasteiger partial charge in [0.1, 0.15) is 17.3 Å². The van der Waals surface area contributed by atoms with Crippen molar-refractivity contribution in [3.63, 3.8) is 0 Å². The van der Waals surface area contributed by atoms with E-state index in [4.69, 9.17) is 14.2 Å². The molecular formula is C28H26N2O7. The van der Waals surface area contributed by atoms with Crippen molar-refractivity contribution in [3.8, 4) is 11.5 Å². The molecule has 37 heavy (non-hydrogen) atoms. The summed E-state index contributed by atoms with van der Waals surface area (Å²) in [7, 11) is 2.93. The van der Waals surface area contributed by atoms with Crippen LogP contribution in [0.5, 0.6) is 11.5 Å². The van der Waals surface area contributed by atoms with E-state index >= 15 is 0 Å². The Kier molecular flexibility index (Phi) is 7.52. The Morgan fingerprint density at radius 3 is 2.32 bits per heavy atom. The van der Waals surface area contributed by atoms with Crippen molar-refractivity contribution in [3.05, 3.63) is 89.3 Å². The van der Waals surface area contributed by atoms with Crippen LogP contribution in [0, 0.1) is 0 Å². The van der Waals surface area contributed by atoms with Gasteiger partial charge in [-0.3, -0.25) is 24.3 Å². The monoisotopic (exact) mass is 502 g/mol. The second-order valence-corrected chi connectivity index (χ2v) is 8.16. The first-order valence-corrected chi connectivity index (χ1v) is 11.6. The fourth-order valence-electron chi connectivity index (χ4n) is 4.25. The molecule has 0 spiro atoms. The third-order valence-electron chi connectivity index (χ3n) is 6.00. The van der Waals surface area contributed by atoms with E-state index in [0.29, 0.717) is 22.6 Å². The highest BCUT2D eigenvalue weighted by atomic mass is 16.5. The van der Waals surface area contributed by atoms with Gasteiger partial charge in [-0.2, -0.15) is 0 Å². The number of esters is 1. The molecule has 190 valence electrons. The maximum Gasteiger partial charge on any atom is 0.310 e. The lowest BCUT2D eigenvalue weighted by Gasteiger charge is -2.25. The van der Waals surface area contributed by atoms with Gasteiger partial charge in [0.15, 0.2) is 0 Å². The van der Waals surface area contributed by atoms with Gasteiger partial charge in [-0.15, -0.1) is 0 Å². The van der Waals surface area contributed by atoms with Crippen molar-refractivity contribution in [2.45, 2.75) is 19.4 Å². The van der Waals surface area contributed by atoms with E-state index < -0.39 is 17.7 Å². The number of ether oxygens (including phenoxy) is 3. The molecule has 1 aliphatic heterocycles. The van der Waals surface area contributed by atoms with Gasteiger partial charge >= 0.3 is 5.97 Å². The molecule has 0 aliphatic carbocycles. The number of nitrogens with zero attached hydrogens (tertiary/aromatic N) is 2. The molecule has 3 aromatic rings. The predicted octanol–water partition coefficient (Wildman–Crippen LogP) is 3.83. The molecule has 1 N–H and O–H groups in total. The summed E-state index contributed by atoms with van der Waals surface area (Å²) in [6, 6.07) is 13.9. The highest BCUT2D eigenvalue weighted by molar-refractivity contribution is 6.51. The number of aliphatic hydroxyl groups is 1. The van der Waals surface area contributed by atoms with Crippen molar-refractivity contribution in [1.82, 2.24) is 4.98 Å². The molecule has 1 atom stereocenters. The third kappa shape index (κ3) is 5.02. The first-order valence-electron chi connectivity index (χ1n) is 11.6. The fraction of sp³-hybridized carbons (Fsp3) is 0.214. The zero-order valence-corrected chi connectivity index (χ0v) is 20.6. The Morgan fingerprint density at radius 2 is 1.70 bits per heavy atom. The lowest BCUT2D eigenvalue weighted by atomic mass is 9.95. The van der Waals surface area contributed by atoms with E-state index in [1.807, 2.05) is 0 Å². The third-order valence-corrected chi connectivity index (χ3v) is 6.00. The number of Topliss-reactive ketones (excluding diaryl/α,β-unsaturated/α-hetero) is 1. The van der Waals surface area contributed by atoms with Crippen LogP contribution in [-0.4, -0.2) is 48.6 Å². The SMILES string of the molecule is CCOC(=O)Cc1ccc(N2C(=O)C(=O)/C(=C(\O)c3ccc(OC)cc3OC)C2c2ccncc2)cc1. The number of carbonyl (C=O) groups is 3. The molecule has 9 heteroatoms. The standard InChI is InChI=1S/C28H26N2O7/c1-4-37-23(31)15-17-5-7-19(8-6-17)30-25(18-11-13-29-14-12-18)24(27(33)28(30)34)26(32)21-10-9-20(35-2)16-22(21)36-3/h5-14,16,25,32H,4,15H2,1-3H3/b26-24-. The Balaban J connectivity index is 1.82. The molecular weight excluding hydrogens is 476 g/mol. The van der Waals surface area contributed by atoms with E-state index in [1.54, 1.807) is 73.9 Å². The zero-order chi connectivity index (χ0) is 26.5. The van der Waals surface area contributed by atoms with Crippen molar-refractivity contribution < 1.29 is 33.7 Å². The van der Waals surface area contributed by atoms with Gasteiger partial charge in [0, 0.05) is 24.1 Å². The summed E-state index contributed by atoms with van der Waals surface area (Å²) in [6.07, 6.45) is 3.18. The summed E-state index contributed by atoms with van der Waals surface area (Å²) in [5, 5.41) is 11.4. The van der Waals surface area contributed by atoms with Crippen LogP contribution >= 0.6 is 0 Å². The molecule has 0 saturated carbocycles. The van der Waals surface area contributed by atoms with Gasteiger partial charge in [-0.05, 0) is 54.4 Å². The summed E-state index contributed by atoms with van der Waals surface area (Å²) in [4.78, 5) is 43.9. The summed E-state index contributed by atoms with van der Waals surface area (Å²) < 4.78 is 15.6. The minimum absolute atomic E-state index is 0.0813. The molecule has 1 amide bonds. The lowest BCUT2D eigenvalue weighted by Crippen LogP contribution is -2.29. The molecule has 0 bridgehead atoms. The number of aromatic nitrogens is 1. The van der Waals surface area contributed by atoms with Crippen LogP contribution in [-0.2, 0) is 25.5 Å². The normalized spacial score (nSPS) is 16.5. The van der Waals surface area contributed by atoms with E-state index in [2.05, 4.69) is 4.98 Å². The van der Waals surface area contributed by atoms with Crippen LogP contribution in [0.3, 0.4) is 0 Å². The van der Waals surface area contributed by atoms with Crippen LogP contribution < -0.4 is 14.4 Å². The number of carbonyl (C=O) groups excluding carboxylic acids is 3. The second kappa shape index (κ2) is 10.9. The maximum atomic E-state index is 13.3. The number of hydrogen-bond acceptors (Lipinski definition) is 8. The van der Waals surface area contributed by atoms with Gasteiger partial charge in [0.05, 0.1) is 44.4 Å². The first kappa shape index (κ1) is 25.4. The minimum Gasteiger partial charge on any atom is -0.507 e. The Labute approximate surface area is 213 Å². The predicted molar refractivity (Wildman–Crippen MR) is 135 cm³/mol. The molecule has 2 heterocycles. The molecule has 0 radical (unpaired) electrons. The van der Waals surface area contributed by atoms with Gasteiger partial charge < -0.3 is 19.3 Å². The van der Waals surface area contributed by atoms with E-state index in [1.165, 1.54) is 19.1 Å². The number of anilines is 1. The minimum atomic E-state index is -0.925. The second-order valence-electron chi connectivity index (χ2n) is 8.16. The number of amides is 1. The summed E-state index contributed by atoms with van der Waals surface area (Å²) >= 11 is 0. The zero-order valence-electron chi connectivity index (χ0n) is 20.6. The number of aliphatic hydroxyl groups excluding tert-OH is 1. The first-order chi connectivity index (χ1) is 17.9. The number of methoxy groups -OCH3 is 2. The summed E-state index contributed by atoms with van der Waals surface area (Å²) in [6.45, 7) is 2.02. The Morgan fingerprint density at radius 1 is 1.00 bits per heavy atom. The maximum absolute atomic E-state index is 13.3. The van der Waals surface area contributed by atoms with Crippen LogP contribution in [0.2, 0.25) is 0 Å². The summed E-state index contributed by atoms with van der Waals surface area (Å²) in [5.41, 5.74) is 1.86. The van der Waals surface area contributed by atoms with Gasteiger partial charge in [-0.25, -0.2) is 0 Å². The van der Waals surface area contributed by atoms with E-state index in [0.717, 1.165) is 0 Å². The van der Waals surface area contributed by atoms with Gasteiger partial charge in [0.2, 0.25) is 0 Å². The highest BCUT2D eigenvalue weighted by Gasteiger charge is 2.47. The van der Waals surface area contributed by atoms with Crippen LogP contribution in [0.25, 0.3) is 5.76 Å². The van der Waals surface area contributed by atoms with Crippen LogP contribution in [0.15, 0.2) is 72.6 Å². The average molecular weight is 503 g/mol. The quantitative estimate of drug-likeness (QED) is 0.214. The topological polar surface area (TPSA) is 115 Å². The fourth-order valence-corrected chi connectivity index (χ4v) is 4.25. The number of pyridine rings is 1. The van der Waals surface area contributed by atoms with Crippen molar-refractivity contribution in [2.24, 2.45) is 0 Å². The number of benzene rings is 2.